The van der Waals surface area contributed by atoms with Crippen LogP contribution in [0.15, 0.2) is 34.9 Å². The van der Waals surface area contributed by atoms with E-state index in [0.717, 1.165) is 0 Å². The monoisotopic (exact) mass is 325 g/mol. The van der Waals surface area contributed by atoms with E-state index in [1.165, 1.54) is 36.0 Å². The predicted molar refractivity (Wildman–Crippen MR) is 69.9 cm³/mol. The lowest BCUT2D eigenvalue weighted by Crippen LogP contribution is -2.03. The maximum Gasteiger partial charge on any atom is 0.352 e. The third-order valence-corrected chi connectivity index (χ3v) is 3.16. The molecule has 0 radical (unpaired) electrons. The van der Waals surface area contributed by atoms with Crippen LogP contribution in [0.25, 0.3) is 0 Å². The molecular weight excluding hydrogens is 317 g/mol. The van der Waals surface area contributed by atoms with Gasteiger partial charge in [-0.3, -0.25) is 4.79 Å². The van der Waals surface area contributed by atoms with Crippen LogP contribution in [0, 0.1) is 5.82 Å². The molecule has 1 aromatic heterocycles. The van der Waals surface area contributed by atoms with Gasteiger partial charge in [0.1, 0.15) is 11.5 Å². The van der Waals surface area contributed by atoms with E-state index in [-0.39, 0.29) is 16.8 Å². The molecule has 1 aromatic carbocycles. The molecule has 0 aliphatic rings. The summed E-state index contributed by atoms with van der Waals surface area (Å²) in [5, 5.41) is 8.91. The Hall–Kier alpha value is -1.95. The third-order valence-electron chi connectivity index (χ3n) is 2.66. The van der Waals surface area contributed by atoms with E-state index in [9.17, 15) is 14.0 Å². The number of hydrogen-bond acceptors (Lipinski definition) is 2. The molecule has 0 atom stereocenters. The van der Waals surface area contributed by atoms with Crippen molar-refractivity contribution >= 4 is 27.7 Å². The predicted octanol–water partition coefficient (Wildman–Crippen LogP) is 2.86. The topological polar surface area (TPSA) is 59.3 Å². The fraction of sp³-hybridized carbons (Fsp3) is 0.0769. The molecule has 1 N–H and O–H groups in total. The van der Waals surface area contributed by atoms with Gasteiger partial charge in [-0.1, -0.05) is 15.9 Å². The Kier molecular flexibility index (Phi) is 3.53. The fourth-order valence-corrected chi connectivity index (χ4v) is 2.06. The molecule has 0 aliphatic carbocycles. The standard InChI is InChI=1S/C13H9BrFNO3/c1-16-6-7(4-11(16)13(18)19)12(17)9-3-2-8(14)5-10(9)15/h2-6H,1H3,(H,18,19). The second-order valence-electron chi connectivity index (χ2n) is 3.98. The van der Waals surface area contributed by atoms with E-state index in [4.69, 9.17) is 5.11 Å². The van der Waals surface area contributed by atoms with Crippen molar-refractivity contribution in [2.75, 3.05) is 0 Å². The number of aromatic nitrogens is 1. The molecule has 19 heavy (non-hydrogen) atoms. The summed E-state index contributed by atoms with van der Waals surface area (Å²) in [6.07, 6.45) is 1.37. The van der Waals surface area contributed by atoms with E-state index in [1.807, 2.05) is 0 Å². The van der Waals surface area contributed by atoms with E-state index in [1.54, 1.807) is 6.07 Å². The fourth-order valence-electron chi connectivity index (χ4n) is 1.73. The SMILES string of the molecule is Cn1cc(C(=O)c2ccc(Br)cc2F)cc1C(=O)O. The van der Waals surface area contributed by atoms with Crippen LogP contribution in [0.1, 0.15) is 26.4 Å². The van der Waals surface area contributed by atoms with Gasteiger partial charge in [0.05, 0.1) is 5.56 Å². The molecule has 0 saturated heterocycles. The average molecular weight is 326 g/mol. The lowest BCUT2D eigenvalue weighted by Gasteiger charge is -2.01. The van der Waals surface area contributed by atoms with E-state index in [2.05, 4.69) is 15.9 Å². The minimum Gasteiger partial charge on any atom is -0.477 e. The average Bonchev–Trinajstić information content (AvgIpc) is 2.70. The van der Waals surface area contributed by atoms with Crippen LogP contribution in [0.5, 0.6) is 0 Å². The summed E-state index contributed by atoms with van der Waals surface area (Å²) < 4.78 is 15.5. The van der Waals surface area contributed by atoms with Gasteiger partial charge in [0.25, 0.3) is 0 Å². The molecule has 2 rings (SSSR count). The summed E-state index contributed by atoms with van der Waals surface area (Å²) in [7, 11) is 1.51. The van der Waals surface area contributed by atoms with Crippen LogP contribution in [0.3, 0.4) is 0 Å². The van der Waals surface area contributed by atoms with E-state index >= 15 is 0 Å². The van der Waals surface area contributed by atoms with Crippen molar-refractivity contribution in [3.8, 4) is 0 Å². The first-order valence-electron chi connectivity index (χ1n) is 5.29. The quantitative estimate of drug-likeness (QED) is 0.883. The Balaban J connectivity index is 2.44. The van der Waals surface area contributed by atoms with Crippen LogP contribution in [0.4, 0.5) is 4.39 Å². The summed E-state index contributed by atoms with van der Waals surface area (Å²) in [5.41, 5.74) is 0.0210. The van der Waals surface area contributed by atoms with Gasteiger partial charge < -0.3 is 9.67 Å². The Bertz CT molecular complexity index is 679. The second kappa shape index (κ2) is 4.97. The molecule has 0 fully saturated rings. The molecular formula is C13H9BrFNO3. The number of carbonyl (C=O) groups excluding carboxylic acids is 1. The van der Waals surface area contributed by atoms with Crippen molar-refractivity contribution < 1.29 is 19.1 Å². The minimum absolute atomic E-state index is 0.0270. The van der Waals surface area contributed by atoms with Crippen molar-refractivity contribution in [2.24, 2.45) is 7.05 Å². The maximum absolute atomic E-state index is 13.7. The van der Waals surface area contributed by atoms with Crippen molar-refractivity contribution in [1.29, 1.82) is 0 Å². The number of rotatable bonds is 3. The smallest absolute Gasteiger partial charge is 0.352 e. The Labute approximate surface area is 116 Å². The molecule has 1 heterocycles. The van der Waals surface area contributed by atoms with E-state index < -0.39 is 17.6 Å². The van der Waals surface area contributed by atoms with Crippen molar-refractivity contribution in [3.63, 3.8) is 0 Å². The summed E-state index contributed by atoms with van der Waals surface area (Å²) in [6.45, 7) is 0. The van der Waals surface area contributed by atoms with Crippen LogP contribution < -0.4 is 0 Å². The molecule has 0 spiro atoms. The Morgan fingerprint density at radius 1 is 1.32 bits per heavy atom. The summed E-state index contributed by atoms with van der Waals surface area (Å²) in [4.78, 5) is 23.0. The molecule has 0 unspecified atom stereocenters. The highest BCUT2D eigenvalue weighted by molar-refractivity contribution is 9.10. The number of carboxylic acids is 1. The Morgan fingerprint density at radius 3 is 2.53 bits per heavy atom. The van der Waals surface area contributed by atoms with Gasteiger partial charge in [-0.25, -0.2) is 9.18 Å². The number of aryl methyl sites for hydroxylation is 1. The van der Waals surface area contributed by atoms with Crippen molar-refractivity contribution in [3.05, 3.63) is 57.6 Å². The molecule has 98 valence electrons. The molecule has 6 heteroatoms. The second-order valence-corrected chi connectivity index (χ2v) is 4.90. The largest absolute Gasteiger partial charge is 0.477 e. The maximum atomic E-state index is 13.7. The summed E-state index contributed by atoms with van der Waals surface area (Å²) in [5.74, 6) is -2.34. The van der Waals surface area contributed by atoms with Crippen molar-refractivity contribution in [1.82, 2.24) is 4.57 Å². The zero-order valence-corrected chi connectivity index (χ0v) is 11.4. The van der Waals surface area contributed by atoms with Crippen molar-refractivity contribution in [2.45, 2.75) is 0 Å². The molecule has 0 aliphatic heterocycles. The number of benzene rings is 1. The number of carbonyl (C=O) groups is 2. The number of hydrogen-bond donors (Lipinski definition) is 1. The first kappa shape index (κ1) is 13.5. The number of ketones is 1. The molecule has 0 bridgehead atoms. The molecule has 0 amide bonds. The number of aromatic carboxylic acids is 1. The number of nitrogens with zero attached hydrogens (tertiary/aromatic N) is 1. The molecule has 4 nitrogen and oxygen atoms in total. The minimum atomic E-state index is -1.14. The van der Waals surface area contributed by atoms with Crippen LogP contribution in [-0.2, 0) is 7.05 Å². The zero-order chi connectivity index (χ0) is 14.2. The van der Waals surface area contributed by atoms with Crippen LogP contribution >= 0.6 is 15.9 Å². The summed E-state index contributed by atoms with van der Waals surface area (Å²) in [6, 6.07) is 5.33. The lowest BCUT2D eigenvalue weighted by atomic mass is 10.1. The zero-order valence-electron chi connectivity index (χ0n) is 9.85. The lowest BCUT2D eigenvalue weighted by molar-refractivity contribution is 0.0686. The normalized spacial score (nSPS) is 10.5. The first-order valence-corrected chi connectivity index (χ1v) is 6.09. The molecule has 0 saturated carbocycles. The first-order chi connectivity index (χ1) is 8.90. The highest BCUT2D eigenvalue weighted by atomic mass is 79.9. The van der Waals surface area contributed by atoms with Gasteiger partial charge >= 0.3 is 5.97 Å². The summed E-state index contributed by atoms with van der Waals surface area (Å²) >= 11 is 3.10. The van der Waals surface area contributed by atoms with Gasteiger partial charge in [0.2, 0.25) is 0 Å². The van der Waals surface area contributed by atoms with Gasteiger partial charge in [-0.15, -0.1) is 0 Å². The highest BCUT2D eigenvalue weighted by Gasteiger charge is 2.18. The van der Waals surface area contributed by atoms with Gasteiger partial charge in [-0.05, 0) is 24.3 Å². The van der Waals surface area contributed by atoms with Gasteiger partial charge in [0, 0.05) is 23.3 Å². The number of halogens is 2. The Morgan fingerprint density at radius 2 is 2.00 bits per heavy atom. The third kappa shape index (κ3) is 2.58. The van der Waals surface area contributed by atoms with Gasteiger partial charge in [-0.2, -0.15) is 0 Å². The van der Waals surface area contributed by atoms with Crippen LogP contribution in [-0.4, -0.2) is 21.4 Å². The molecule has 2 aromatic rings. The van der Waals surface area contributed by atoms with Crippen LogP contribution in [0.2, 0.25) is 0 Å². The highest BCUT2D eigenvalue weighted by Crippen LogP contribution is 2.19. The number of carboxylic acid groups (broad SMARTS) is 1. The van der Waals surface area contributed by atoms with E-state index in [0.29, 0.717) is 4.47 Å². The van der Waals surface area contributed by atoms with Gasteiger partial charge in [0.15, 0.2) is 5.78 Å².